The third kappa shape index (κ3) is 3.71. The number of ether oxygens (including phenoxy) is 1. The van der Waals surface area contributed by atoms with E-state index in [4.69, 9.17) is 27.1 Å². The average Bonchev–Trinajstić information content (AvgIpc) is 3.35. The van der Waals surface area contributed by atoms with E-state index in [-0.39, 0.29) is 0 Å². The predicted octanol–water partition coefficient (Wildman–Crippen LogP) is 4.33. The quantitative estimate of drug-likeness (QED) is 0.430. The lowest BCUT2D eigenvalue weighted by molar-refractivity contribution is 0.100. The Morgan fingerprint density at radius 2 is 1.91 bits per heavy atom. The number of aromatic nitrogens is 3. The molecular formula is C24H22ClN5O2. The third-order valence-corrected chi connectivity index (χ3v) is 5.69. The van der Waals surface area contributed by atoms with Gasteiger partial charge in [0.25, 0.3) is 5.91 Å². The molecule has 8 heteroatoms. The Labute approximate surface area is 190 Å². The number of hydrogen-bond acceptors (Lipinski definition) is 4. The van der Waals surface area contributed by atoms with Gasteiger partial charge in [-0.25, -0.2) is 9.50 Å². The third-order valence-electron chi connectivity index (χ3n) is 5.52. The smallest absolute Gasteiger partial charge is 0.254 e. The number of fused-ring (bicyclic) bond motifs is 3. The van der Waals surface area contributed by atoms with Crippen molar-refractivity contribution >= 4 is 23.2 Å². The van der Waals surface area contributed by atoms with Crippen molar-refractivity contribution in [3.8, 4) is 22.8 Å². The number of rotatable bonds is 6. The second-order valence-electron chi connectivity index (χ2n) is 7.59. The molecule has 0 spiro atoms. The topological polar surface area (TPSA) is 88.7 Å². The first kappa shape index (κ1) is 20.2. The van der Waals surface area contributed by atoms with Gasteiger partial charge in [-0.05, 0) is 42.6 Å². The molecule has 3 heterocycles. The molecule has 1 amide bonds. The number of benzene rings is 2. The summed E-state index contributed by atoms with van der Waals surface area (Å²) < 4.78 is 7.74. The van der Waals surface area contributed by atoms with Gasteiger partial charge in [0.2, 0.25) is 0 Å². The Balaban J connectivity index is 1.50. The number of nitrogens with zero attached hydrogens (tertiary/aromatic N) is 3. The Morgan fingerprint density at radius 1 is 1.16 bits per heavy atom. The maximum Gasteiger partial charge on any atom is 0.254 e. The van der Waals surface area contributed by atoms with E-state index in [9.17, 15) is 4.79 Å². The first-order valence-corrected chi connectivity index (χ1v) is 10.9. The number of H-pyrrole nitrogens is 1. The number of carbonyl (C=O) groups is 1. The summed E-state index contributed by atoms with van der Waals surface area (Å²) in [4.78, 5) is 19.3. The van der Waals surface area contributed by atoms with Crippen molar-refractivity contribution in [1.82, 2.24) is 19.5 Å². The first-order valence-electron chi connectivity index (χ1n) is 10.4. The van der Waals surface area contributed by atoms with Crippen molar-refractivity contribution in [3.05, 3.63) is 83.8 Å². The second kappa shape index (κ2) is 8.43. The number of nitrogens with two attached hydrogens (primary N) is 1. The highest BCUT2D eigenvalue weighted by atomic mass is 35.5. The lowest BCUT2D eigenvalue weighted by Gasteiger charge is -2.24. The van der Waals surface area contributed by atoms with Crippen LogP contribution < -0.4 is 10.5 Å². The van der Waals surface area contributed by atoms with Gasteiger partial charge in [-0.3, -0.25) is 9.89 Å². The number of nitrogens with one attached hydrogen (secondary N) is 1. The number of aromatic amines is 1. The Hall–Kier alpha value is -3.71. The molecule has 162 valence electrons. The van der Waals surface area contributed by atoms with E-state index in [2.05, 4.69) is 10.00 Å². The van der Waals surface area contributed by atoms with Gasteiger partial charge in [-0.1, -0.05) is 24.3 Å². The molecular weight excluding hydrogens is 426 g/mol. The maximum absolute atomic E-state index is 12.4. The molecule has 2 aromatic carbocycles. The van der Waals surface area contributed by atoms with E-state index >= 15 is 0 Å². The zero-order valence-electron chi connectivity index (χ0n) is 17.3. The summed E-state index contributed by atoms with van der Waals surface area (Å²) in [5.41, 5.74) is 10.2. The molecule has 0 radical (unpaired) electrons. The fourth-order valence-electron chi connectivity index (χ4n) is 4.02. The van der Waals surface area contributed by atoms with E-state index in [0.717, 1.165) is 35.7 Å². The lowest BCUT2D eigenvalue weighted by Crippen LogP contribution is -2.26. The molecule has 0 saturated heterocycles. The minimum absolute atomic E-state index is 0.388. The molecule has 0 unspecified atom stereocenters. The molecule has 32 heavy (non-hydrogen) atoms. The van der Waals surface area contributed by atoms with Crippen LogP contribution in [0.4, 0.5) is 0 Å². The largest absolute Gasteiger partial charge is 0.457 e. The molecule has 5 rings (SSSR count). The molecule has 0 atom stereocenters. The first-order chi connectivity index (χ1) is 15.6. The van der Waals surface area contributed by atoms with Crippen molar-refractivity contribution in [2.45, 2.75) is 13.0 Å². The van der Waals surface area contributed by atoms with Gasteiger partial charge in [0.05, 0.1) is 23.6 Å². The highest BCUT2D eigenvalue weighted by Gasteiger charge is 2.26. The summed E-state index contributed by atoms with van der Waals surface area (Å²) >= 11 is 5.78. The number of primary amides is 1. The maximum atomic E-state index is 12.4. The standard InChI is InChI=1S/C24H22ClN5O2/c25-12-4-13-29-14-11-19-20(15-29)30-24(27-19)21(23(26)31)22(28-30)16-7-9-18(10-8-16)32-17-5-2-1-3-6-17/h1-10,13,28H,11-12,14-15H2,(H2,26,31). The van der Waals surface area contributed by atoms with Crippen LogP contribution in [0.15, 0.2) is 66.9 Å². The molecule has 7 nitrogen and oxygen atoms in total. The monoisotopic (exact) mass is 447 g/mol. The van der Waals surface area contributed by atoms with Crippen molar-refractivity contribution in [1.29, 1.82) is 0 Å². The van der Waals surface area contributed by atoms with Gasteiger partial charge in [-0.15, -0.1) is 11.6 Å². The SMILES string of the molecule is NC(=O)c1c(-c2ccc(Oc3ccccc3)cc2)[nH]n2c3c(nc12)CCN(C=CCCl)C3. The number of alkyl halides is 1. The zero-order valence-corrected chi connectivity index (χ0v) is 18.0. The minimum atomic E-state index is -0.517. The van der Waals surface area contributed by atoms with Crippen LogP contribution in [0.1, 0.15) is 21.7 Å². The number of carbonyl (C=O) groups excluding carboxylic acids is 1. The predicted molar refractivity (Wildman–Crippen MR) is 124 cm³/mol. The van der Waals surface area contributed by atoms with Crippen molar-refractivity contribution in [2.75, 3.05) is 12.4 Å². The Morgan fingerprint density at radius 3 is 2.62 bits per heavy atom. The van der Waals surface area contributed by atoms with Crippen LogP contribution in [0.25, 0.3) is 16.9 Å². The van der Waals surface area contributed by atoms with E-state index in [0.29, 0.717) is 35.1 Å². The van der Waals surface area contributed by atoms with Gasteiger partial charge in [0, 0.05) is 24.4 Å². The lowest BCUT2D eigenvalue weighted by atomic mass is 10.1. The van der Waals surface area contributed by atoms with Crippen LogP contribution in [0.5, 0.6) is 11.5 Å². The second-order valence-corrected chi connectivity index (χ2v) is 7.90. The van der Waals surface area contributed by atoms with E-state index < -0.39 is 5.91 Å². The molecule has 0 aliphatic carbocycles. The van der Waals surface area contributed by atoms with Crippen LogP contribution in [0.3, 0.4) is 0 Å². The van der Waals surface area contributed by atoms with Crippen molar-refractivity contribution in [3.63, 3.8) is 0 Å². The molecule has 1 aliphatic heterocycles. The fourth-order valence-corrected chi connectivity index (χ4v) is 4.10. The Bertz CT molecular complexity index is 1290. The van der Waals surface area contributed by atoms with E-state index in [1.165, 1.54) is 0 Å². The molecule has 2 aromatic heterocycles. The molecule has 0 saturated carbocycles. The van der Waals surface area contributed by atoms with Crippen LogP contribution >= 0.6 is 11.6 Å². The van der Waals surface area contributed by atoms with Gasteiger partial charge < -0.3 is 15.4 Å². The van der Waals surface area contributed by atoms with Crippen LogP contribution in [-0.2, 0) is 13.0 Å². The average molecular weight is 448 g/mol. The summed E-state index contributed by atoms with van der Waals surface area (Å²) in [5.74, 6) is 1.41. The van der Waals surface area contributed by atoms with Crippen LogP contribution in [0, 0.1) is 0 Å². The van der Waals surface area contributed by atoms with Gasteiger partial charge in [-0.2, -0.15) is 0 Å². The molecule has 0 bridgehead atoms. The highest BCUT2D eigenvalue weighted by molar-refractivity contribution is 6.18. The van der Waals surface area contributed by atoms with Gasteiger partial charge >= 0.3 is 0 Å². The summed E-state index contributed by atoms with van der Waals surface area (Å²) in [5, 5.41) is 3.35. The summed E-state index contributed by atoms with van der Waals surface area (Å²) in [7, 11) is 0. The highest BCUT2D eigenvalue weighted by Crippen LogP contribution is 2.31. The number of imidazole rings is 1. The van der Waals surface area contributed by atoms with E-state index in [1.54, 1.807) is 0 Å². The molecule has 4 aromatic rings. The van der Waals surface area contributed by atoms with Gasteiger partial charge in [0.1, 0.15) is 17.1 Å². The molecule has 3 N–H and O–H groups in total. The minimum Gasteiger partial charge on any atom is -0.457 e. The Kier molecular flexibility index (Phi) is 5.33. The number of hydrogen-bond donors (Lipinski definition) is 2. The normalized spacial score (nSPS) is 13.6. The molecule has 1 aliphatic rings. The fraction of sp³-hybridized carbons (Fsp3) is 0.167. The van der Waals surface area contributed by atoms with E-state index in [1.807, 2.05) is 71.4 Å². The van der Waals surface area contributed by atoms with Gasteiger partial charge in [0.15, 0.2) is 5.65 Å². The summed E-state index contributed by atoms with van der Waals surface area (Å²) in [6, 6.07) is 17.1. The number of halogens is 1. The molecule has 0 fully saturated rings. The van der Waals surface area contributed by atoms with Crippen molar-refractivity contribution in [2.24, 2.45) is 5.73 Å². The zero-order chi connectivity index (χ0) is 22.1. The number of allylic oxidation sites excluding steroid dienone is 1. The van der Waals surface area contributed by atoms with Crippen LogP contribution in [-0.4, -0.2) is 37.8 Å². The van der Waals surface area contributed by atoms with Crippen molar-refractivity contribution < 1.29 is 9.53 Å². The van der Waals surface area contributed by atoms with Crippen LogP contribution in [0.2, 0.25) is 0 Å². The number of para-hydroxylation sites is 1. The number of amides is 1. The summed E-state index contributed by atoms with van der Waals surface area (Å²) in [6.45, 7) is 1.52. The summed E-state index contributed by atoms with van der Waals surface area (Å²) in [6.07, 6.45) is 4.70.